The summed E-state index contributed by atoms with van der Waals surface area (Å²) < 4.78 is 10.4. The Labute approximate surface area is 142 Å². The molecule has 0 saturated carbocycles. The van der Waals surface area contributed by atoms with E-state index in [1.807, 2.05) is 54.0 Å². The molecule has 0 unspecified atom stereocenters. The fraction of sp³-hybridized carbons (Fsp3) is 0.176. The monoisotopic (exact) mass is 337 g/mol. The maximum absolute atomic E-state index is 12.9. The van der Waals surface area contributed by atoms with E-state index in [0.717, 1.165) is 34.1 Å². The second-order valence-electron chi connectivity index (χ2n) is 5.47. The van der Waals surface area contributed by atoms with E-state index in [4.69, 9.17) is 0 Å². The van der Waals surface area contributed by atoms with Crippen LogP contribution in [0.15, 0.2) is 48.8 Å². The first-order chi connectivity index (χ1) is 11.8. The number of carbonyl (C=O) groups excluding carboxylic acids is 1. The number of pyridine rings is 1. The molecule has 0 bridgehead atoms. The quantitative estimate of drug-likeness (QED) is 0.574. The molecule has 0 aliphatic carbocycles. The molecule has 0 spiro atoms. The Morgan fingerprint density at radius 1 is 1.21 bits per heavy atom. The van der Waals surface area contributed by atoms with Gasteiger partial charge in [0.15, 0.2) is 0 Å². The lowest BCUT2D eigenvalue weighted by Crippen LogP contribution is -2.30. The minimum absolute atomic E-state index is 0.0155. The Morgan fingerprint density at radius 3 is 2.96 bits per heavy atom. The molecule has 0 aliphatic rings. The molecule has 24 heavy (non-hydrogen) atoms. The van der Waals surface area contributed by atoms with E-state index in [2.05, 4.69) is 13.7 Å². The fourth-order valence-corrected chi connectivity index (χ4v) is 3.24. The Morgan fingerprint density at radius 2 is 2.08 bits per heavy atom. The molecule has 0 N–H and O–H groups in total. The number of carbonyl (C=O) groups is 1. The van der Waals surface area contributed by atoms with Crippen LogP contribution in [0, 0.1) is 0 Å². The summed E-state index contributed by atoms with van der Waals surface area (Å²) in [5.41, 5.74) is 4.08. The molecule has 0 aliphatic heterocycles. The number of fused-ring (bicyclic) bond motifs is 2. The third-order valence-corrected chi connectivity index (χ3v) is 4.57. The summed E-state index contributed by atoms with van der Waals surface area (Å²) in [7, 11) is 0. The summed E-state index contributed by atoms with van der Waals surface area (Å²) >= 11 is 1.16. The normalized spacial score (nSPS) is 11.2. The second-order valence-corrected chi connectivity index (χ2v) is 5.99. The van der Waals surface area contributed by atoms with Crippen LogP contribution in [0.1, 0.15) is 23.0 Å². The van der Waals surface area contributed by atoms with Crippen LogP contribution in [-0.2, 0) is 6.54 Å². The number of nitrogens with zero attached hydrogens (tertiary/aromatic N) is 5. The molecular weight excluding hydrogens is 322 g/mol. The highest BCUT2D eigenvalue weighted by Gasteiger charge is 2.17. The Hall–Kier alpha value is -2.80. The number of aromatic nitrogens is 4. The molecule has 4 aromatic rings. The molecule has 7 heteroatoms. The van der Waals surface area contributed by atoms with Gasteiger partial charge in [0.1, 0.15) is 16.7 Å². The average molecular weight is 337 g/mol. The summed E-state index contributed by atoms with van der Waals surface area (Å²) in [6, 6.07) is 11.3. The molecule has 0 fully saturated rings. The lowest BCUT2D eigenvalue weighted by atomic mass is 10.1. The van der Waals surface area contributed by atoms with E-state index in [0.29, 0.717) is 18.7 Å². The zero-order valence-corrected chi connectivity index (χ0v) is 13.9. The third kappa shape index (κ3) is 2.52. The summed E-state index contributed by atoms with van der Waals surface area (Å²) in [6.07, 6.45) is 3.78. The van der Waals surface area contributed by atoms with Crippen LogP contribution in [0.5, 0.6) is 0 Å². The van der Waals surface area contributed by atoms with Crippen molar-refractivity contribution in [3.8, 4) is 0 Å². The molecular formula is C17H15N5OS. The van der Waals surface area contributed by atoms with Crippen LogP contribution >= 0.6 is 11.7 Å². The minimum Gasteiger partial charge on any atom is -0.333 e. The molecule has 3 aromatic heterocycles. The first kappa shape index (κ1) is 14.8. The Kier molecular flexibility index (Phi) is 3.70. The van der Waals surface area contributed by atoms with Crippen LogP contribution in [-0.4, -0.2) is 35.5 Å². The van der Waals surface area contributed by atoms with E-state index < -0.39 is 0 Å². The largest absolute Gasteiger partial charge is 0.333 e. The first-order valence-corrected chi connectivity index (χ1v) is 8.42. The molecule has 0 saturated heterocycles. The zero-order chi connectivity index (χ0) is 16.5. The van der Waals surface area contributed by atoms with Crippen molar-refractivity contribution < 1.29 is 4.79 Å². The van der Waals surface area contributed by atoms with Crippen molar-refractivity contribution in [2.45, 2.75) is 13.5 Å². The summed E-state index contributed by atoms with van der Waals surface area (Å²) in [5.74, 6) is -0.0155. The standard InChI is InChI=1S/C17H15N5OS/c1-2-21(11-13-10-18-16-5-3-4-8-22(13)16)17(23)12-6-7-14-15(9-12)20-24-19-14/h3-10H,2,11H2,1H3. The Bertz CT molecular complexity index is 1020. The SMILES string of the molecule is CCN(Cc1cnc2ccccn12)C(=O)c1ccc2nsnc2c1. The molecule has 1 amide bonds. The highest BCUT2D eigenvalue weighted by molar-refractivity contribution is 7.00. The lowest BCUT2D eigenvalue weighted by molar-refractivity contribution is 0.0750. The van der Waals surface area contributed by atoms with Crippen molar-refractivity contribution in [3.63, 3.8) is 0 Å². The number of hydrogen-bond donors (Lipinski definition) is 0. The van der Waals surface area contributed by atoms with Crippen LogP contribution in [0.25, 0.3) is 16.7 Å². The van der Waals surface area contributed by atoms with Crippen molar-refractivity contribution >= 4 is 34.3 Å². The lowest BCUT2D eigenvalue weighted by Gasteiger charge is -2.20. The van der Waals surface area contributed by atoms with Crippen molar-refractivity contribution in [3.05, 3.63) is 60.0 Å². The van der Waals surface area contributed by atoms with E-state index in [-0.39, 0.29) is 5.91 Å². The van der Waals surface area contributed by atoms with Gasteiger partial charge in [0.2, 0.25) is 0 Å². The fourth-order valence-electron chi connectivity index (χ4n) is 2.72. The number of amides is 1. The van der Waals surface area contributed by atoms with Gasteiger partial charge in [-0.05, 0) is 37.3 Å². The predicted molar refractivity (Wildman–Crippen MR) is 93.0 cm³/mol. The van der Waals surface area contributed by atoms with Gasteiger partial charge in [-0.25, -0.2) is 4.98 Å². The van der Waals surface area contributed by atoms with Crippen molar-refractivity contribution in [2.75, 3.05) is 6.54 Å². The molecule has 6 nitrogen and oxygen atoms in total. The van der Waals surface area contributed by atoms with E-state index in [9.17, 15) is 4.79 Å². The van der Waals surface area contributed by atoms with E-state index in [1.165, 1.54) is 0 Å². The molecule has 0 atom stereocenters. The molecule has 120 valence electrons. The van der Waals surface area contributed by atoms with Crippen molar-refractivity contribution in [1.82, 2.24) is 23.0 Å². The van der Waals surface area contributed by atoms with E-state index in [1.54, 1.807) is 11.0 Å². The van der Waals surface area contributed by atoms with Gasteiger partial charge in [-0.2, -0.15) is 8.75 Å². The maximum atomic E-state index is 12.9. The maximum Gasteiger partial charge on any atom is 0.254 e. The molecule has 1 aromatic carbocycles. The van der Waals surface area contributed by atoms with Gasteiger partial charge >= 0.3 is 0 Å². The number of benzene rings is 1. The van der Waals surface area contributed by atoms with Gasteiger partial charge in [0.05, 0.1) is 30.2 Å². The van der Waals surface area contributed by atoms with Gasteiger partial charge in [0, 0.05) is 18.3 Å². The van der Waals surface area contributed by atoms with Gasteiger partial charge in [-0.3, -0.25) is 4.79 Å². The van der Waals surface area contributed by atoms with Crippen LogP contribution in [0.4, 0.5) is 0 Å². The minimum atomic E-state index is -0.0155. The van der Waals surface area contributed by atoms with Crippen LogP contribution in [0.2, 0.25) is 0 Å². The number of rotatable bonds is 4. The summed E-state index contributed by atoms with van der Waals surface area (Å²) in [6.45, 7) is 3.10. The van der Waals surface area contributed by atoms with Gasteiger partial charge in [-0.15, -0.1) is 0 Å². The van der Waals surface area contributed by atoms with Crippen molar-refractivity contribution in [2.24, 2.45) is 0 Å². The first-order valence-electron chi connectivity index (χ1n) is 7.69. The second kappa shape index (κ2) is 6.01. The van der Waals surface area contributed by atoms with Crippen LogP contribution in [0.3, 0.4) is 0 Å². The molecule has 0 radical (unpaired) electrons. The number of hydrogen-bond acceptors (Lipinski definition) is 5. The number of imidazole rings is 1. The average Bonchev–Trinajstić information content (AvgIpc) is 3.25. The Balaban J connectivity index is 1.63. The van der Waals surface area contributed by atoms with Crippen LogP contribution < -0.4 is 0 Å². The van der Waals surface area contributed by atoms with E-state index >= 15 is 0 Å². The van der Waals surface area contributed by atoms with Crippen molar-refractivity contribution in [1.29, 1.82) is 0 Å². The molecule has 4 rings (SSSR count). The van der Waals surface area contributed by atoms with Gasteiger partial charge < -0.3 is 9.30 Å². The highest BCUT2D eigenvalue weighted by atomic mass is 32.1. The van der Waals surface area contributed by atoms with Gasteiger partial charge in [-0.1, -0.05) is 6.07 Å². The smallest absolute Gasteiger partial charge is 0.254 e. The predicted octanol–water partition coefficient (Wildman–Crippen LogP) is 3.00. The highest BCUT2D eigenvalue weighted by Crippen LogP contribution is 2.17. The topological polar surface area (TPSA) is 63.4 Å². The molecule has 3 heterocycles. The third-order valence-electron chi connectivity index (χ3n) is 4.02. The van der Waals surface area contributed by atoms with Gasteiger partial charge in [0.25, 0.3) is 5.91 Å². The zero-order valence-electron chi connectivity index (χ0n) is 13.1. The summed E-state index contributed by atoms with van der Waals surface area (Å²) in [5, 5.41) is 0. The summed E-state index contributed by atoms with van der Waals surface area (Å²) in [4.78, 5) is 19.0.